The summed E-state index contributed by atoms with van der Waals surface area (Å²) in [5.41, 5.74) is 7.07. The number of esters is 1. The van der Waals surface area contributed by atoms with Gasteiger partial charge in [-0.25, -0.2) is 4.79 Å². The number of rotatable bonds is 5. The highest BCUT2D eigenvalue weighted by Crippen LogP contribution is 2.27. The zero-order valence-corrected chi connectivity index (χ0v) is 14.5. The minimum absolute atomic E-state index is 0.100. The van der Waals surface area contributed by atoms with E-state index in [1.54, 1.807) is 24.3 Å². The topological polar surface area (TPSA) is 61.5 Å². The highest BCUT2D eigenvalue weighted by Gasteiger charge is 2.08. The van der Waals surface area contributed by atoms with Crippen LogP contribution in [0.25, 0.3) is 0 Å². The van der Waals surface area contributed by atoms with Crippen molar-refractivity contribution < 1.29 is 14.3 Å². The molecule has 4 nitrogen and oxygen atoms in total. The average molecular weight is 356 g/mol. The molecule has 0 bridgehead atoms. The van der Waals surface area contributed by atoms with Crippen molar-refractivity contribution in [3.63, 3.8) is 0 Å². The van der Waals surface area contributed by atoms with Crippen LogP contribution in [0.4, 0.5) is 5.69 Å². The number of anilines is 1. The third-order valence-electron chi connectivity index (χ3n) is 2.68. The Morgan fingerprint density at radius 3 is 2.48 bits per heavy atom. The molecule has 0 aliphatic carbocycles. The predicted octanol–water partition coefficient (Wildman–Crippen LogP) is 4.72. The Labute approximate surface area is 146 Å². The van der Waals surface area contributed by atoms with Crippen LogP contribution in [0.3, 0.4) is 0 Å². The van der Waals surface area contributed by atoms with Gasteiger partial charge in [-0.05, 0) is 24.3 Å². The number of hydrogen-bond acceptors (Lipinski definition) is 4. The molecular formula is C17H19Cl2NO3. The van der Waals surface area contributed by atoms with Gasteiger partial charge in [0.05, 0.1) is 5.02 Å². The van der Waals surface area contributed by atoms with Crippen molar-refractivity contribution in [2.24, 2.45) is 0 Å². The maximum absolute atomic E-state index is 11.6. The Balaban J connectivity index is 0.00000127. The number of nitrogens with two attached hydrogens (primary N) is 1. The number of carbonyl (C=O) groups excluding carboxylic acids is 1. The Bertz CT molecular complexity index is 647. The highest BCUT2D eigenvalue weighted by molar-refractivity contribution is 6.35. The number of benzene rings is 2. The summed E-state index contributed by atoms with van der Waals surface area (Å²) in [6, 6.07) is 11.9. The lowest BCUT2D eigenvalue weighted by Crippen LogP contribution is -2.15. The van der Waals surface area contributed by atoms with Crippen LogP contribution >= 0.6 is 23.2 Å². The van der Waals surface area contributed by atoms with Gasteiger partial charge in [-0.15, -0.1) is 0 Å². The highest BCUT2D eigenvalue weighted by atomic mass is 35.5. The molecule has 0 radical (unpaired) electrons. The summed E-state index contributed by atoms with van der Waals surface area (Å²) < 4.78 is 10.4. The van der Waals surface area contributed by atoms with Crippen LogP contribution in [0.1, 0.15) is 19.4 Å². The largest absolute Gasteiger partial charge is 0.480 e. The molecule has 0 fully saturated rings. The van der Waals surface area contributed by atoms with Crippen molar-refractivity contribution >= 4 is 34.9 Å². The van der Waals surface area contributed by atoms with Crippen LogP contribution in [0.15, 0.2) is 42.5 Å². The lowest BCUT2D eigenvalue weighted by atomic mass is 10.2. The number of hydrogen-bond donors (Lipinski definition) is 1. The summed E-state index contributed by atoms with van der Waals surface area (Å²) >= 11 is 11.7. The summed E-state index contributed by atoms with van der Waals surface area (Å²) in [6.45, 7) is 3.86. The van der Waals surface area contributed by atoms with E-state index < -0.39 is 5.97 Å². The van der Waals surface area contributed by atoms with Crippen LogP contribution in [0.5, 0.6) is 5.75 Å². The summed E-state index contributed by atoms with van der Waals surface area (Å²) in [6.07, 6.45) is 0. The first kappa shape index (κ1) is 19.1. The van der Waals surface area contributed by atoms with E-state index in [0.717, 1.165) is 5.56 Å². The summed E-state index contributed by atoms with van der Waals surface area (Å²) in [4.78, 5) is 11.6. The van der Waals surface area contributed by atoms with Crippen molar-refractivity contribution in [3.05, 3.63) is 58.1 Å². The standard InChI is InChI=1S/C15H13Cl2NO3.C2H6/c16-11-5-6-14(12(17)7-11)20-9-15(19)21-8-10-3-1-2-4-13(10)18;1-2/h1-7H,8-9,18H2;1-2H3. The second kappa shape index (κ2) is 9.98. The van der Waals surface area contributed by atoms with E-state index in [9.17, 15) is 4.79 Å². The van der Waals surface area contributed by atoms with Gasteiger partial charge >= 0.3 is 5.97 Å². The van der Waals surface area contributed by atoms with Crippen LogP contribution in [0, 0.1) is 0 Å². The number of halogens is 2. The van der Waals surface area contributed by atoms with E-state index in [1.807, 2.05) is 26.0 Å². The van der Waals surface area contributed by atoms with Gasteiger partial charge in [0.15, 0.2) is 6.61 Å². The number of ether oxygens (including phenoxy) is 2. The molecule has 0 aromatic heterocycles. The molecule has 2 N–H and O–H groups in total. The molecule has 0 aliphatic rings. The monoisotopic (exact) mass is 355 g/mol. The lowest BCUT2D eigenvalue weighted by Gasteiger charge is -2.09. The van der Waals surface area contributed by atoms with E-state index >= 15 is 0 Å². The van der Waals surface area contributed by atoms with Crippen LogP contribution in [0.2, 0.25) is 10.0 Å². The van der Waals surface area contributed by atoms with Gasteiger partial charge in [0.1, 0.15) is 12.4 Å². The molecule has 0 saturated heterocycles. The molecule has 0 aliphatic heterocycles. The number of para-hydroxylation sites is 1. The molecule has 0 saturated carbocycles. The fourth-order valence-corrected chi connectivity index (χ4v) is 2.06. The maximum atomic E-state index is 11.6. The van der Waals surface area contributed by atoms with E-state index in [2.05, 4.69) is 0 Å². The molecule has 6 heteroatoms. The predicted molar refractivity (Wildman–Crippen MR) is 94.0 cm³/mol. The molecule has 124 valence electrons. The molecule has 0 amide bonds. The van der Waals surface area contributed by atoms with Crippen molar-refractivity contribution in [1.82, 2.24) is 0 Å². The molecule has 0 spiro atoms. The number of nitrogen functional groups attached to an aromatic ring is 1. The van der Waals surface area contributed by atoms with Gasteiger partial charge in [0, 0.05) is 16.3 Å². The molecule has 2 aromatic rings. The van der Waals surface area contributed by atoms with E-state index in [4.69, 9.17) is 38.4 Å². The Hall–Kier alpha value is -1.91. The van der Waals surface area contributed by atoms with Crippen molar-refractivity contribution in [2.45, 2.75) is 20.5 Å². The zero-order valence-electron chi connectivity index (χ0n) is 13.0. The summed E-state index contributed by atoms with van der Waals surface area (Å²) in [7, 11) is 0. The van der Waals surface area contributed by atoms with Crippen LogP contribution in [-0.2, 0) is 16.1 Å². The average Bonchev–Trinajstić information content (AvgIpc) is 2.55. The normalized spacial score (nSPS) is 9.57. The fraction of sp³-hybridized carbons (Fsp3) is 0.235. The third kappa shape index (κ3) is 6.38. The van der Waals surface area contributed by atoms with E-state index in [1.165, 1.54) is 6.07 Å². The van der Waals surface area contributed by atoms with Gasteiger partial charge in [0.25, 0.3) is 0 Å². The minimum Gasteiger partial charge on any atom is -0.480 e. The fourth-order valence-electron chi connectivity index (χ4n) is 1.59. The Kier molecular flexibility index (Phi) is 8.30. The van der Waals surface area contributed by atoms with E-state index in [0.29, 0.717) is 21.5 Å². The quantitative estimate of drug-likeness (QED) is 0.622. The maximum Gasteiger partial charge on any atom is 0.344 e. The molecule has 23 heavy (non-hydrogen) atoms. The van der Waals surface area contributed by atoms with Gasteiger partial charge in [-0.1, -0.05) is 55.2 Å². The second-order valence-corrected chi connectivity index (χ2v) is 5.07. The first-order valence-corrected chi connectivity index (χ1v) is 7.88. The van der Waals surface area contributed by atoms with Gasteiger partial charge in [-0.2, -0.15) is 0 Å². The zero-order chi connectivity index (χ0) is 17.2. The first-order chi connectivity index (χ1) is 11.1. The second-order valence-electron chi connectivity index (χ2n) is 4.22. The Morgan fingerprint density at radius 1 is 1.13 bits per heavy atom. The Morgan fingerprint density at radius 2 is 1.83 bits per heavy atom. The van der Waals surface area contributed by atoms with Crippen molar-refractivity contribution in [1.29, 1.82) is 0 Å². The minimum atomic E-state index is -0.510. The van der Waals surface area contributed by atoms with Crippen LogP contribution in [-0.4, -0.2) is 12.6 Å². The first-order valence-electron chi connectivity index (χ1n) is 7.13. The molecule has 0 unspecified atom stereocenters. The lowest BCUT2D eigenvalue weighted by molar-refractivity contribution is -0.147. The van der Waals surface area contributed by atoms with Crippen LogP contribution < -0.4 is 10.5 Å². The molecule has 0 atom stereocenters. The molecule has 0 heterocycles. The summed E-state index contributed by atoms with van der Waals surface area (Å²) in [5, 5.41) is 0.831. The molecular weight excluding hydrogens is 337 g/mol. The smallest absolute Gasteiger partial charge is 0.344 e. The molecule has 2 rings (SSSR count). The number of carbonyl (C=O) groups is 1. The van der Waals surface area contributed by atoms with Gasteiger partial charge in [-0.3, -0.25) is 0 Å². The van der Waals surface area contributed by atoms with Crippen molar-refractivity contribution in [3.8, 4) is 5.75 Å². The third-order valence-corrected chi connectivity index (χ3v) is 3.21. The SMILES string of the molecule is CC.Nc1ccccc1COC(=O)COc1ccc(Cl)cc1Cl. The van der Waals surface area contributed by atoms with Crippen molar-refractivity contribution in [2.75, 3.05) is 12.3 Å². The van der Waals surface area contributed by atoms with Gasteiger partial charge in [0.2, 0.25) is 0 Å². The van der Waals surface area contributed by atoms with E-state index in [-0.39, 0.29) is 13.2 Å². The molecule has 2 aromatic carbocycles. The van der Waals surface area contributed by atoms with Gasteiger partial charge < -0.3 is 15.2 Å². The summed E-state index contributed by atoms with van der Waals surface area (Å²) in [5.74, 6) is -0.137.